The van der Waals surface area contributed by atoms with Crippen LogP contribution in [-0.2, 0) is 0 Å². The second-order valence-corrected chi connectivity index (χ2v) is 5.21. The zero-order chi connectivity index (χ0) is 11.2. The Hall–Kier alpha value is 0.740. The number of unbranched alkanes of at least 4 members (excludes halogenated alkanes) is 10. The molecule has 0 bridgehead atoms. The number of rotatable bonds is 11. The first-order chi connectivity index (χ1) is 7.41. The van der Waals surface area contributed by atoms with Crippen LogP contribution in [0.15, 0.2) is 9.40 Å². The van der Waals surface area contributed by atoms with Crippen molar-refractivity contribution in [3.8, 4) is 0 Å². The van der Waals surface area contributed by atoms with Gasteiger partial charge in [0.2, 0.25) is 0 Å². The second kappa shape index (κ2) is 14.7. The molecule has 0 nitrogen and oxygen atoms in total. The molecule has 0 fully saturated rings. The van der Waals surface area contributed by atoms with Crippen molar-refractivity contribution in [2.45, 2.75) is 77.6 Å². The third-order valence-electron chi connectivity index (χ3n) is 2.96. The Labute approximate surface area is 114 Å². The van der Waals surface area contributed by atoms with Crippen LogP contribution in [0.2, 0.25) is 0 Å². The molecule has 0 saturated heterocycles. The number of allylic oxidation sites excluding steroid dienone is 1. The summed E-state index contributed by atoms with van der Waals surface area (Å²) in [7, 11) is 0. The Morgan fingerprint density at radius 3 is 1.67 bits per heavy atom. The minimum atomic E-state index is 1.23. The van der Waals surface area contributed by atoms with Crippen LogP contribution in [0.1, 0.15) is 77.6 Å². The molecule has 0 aromatic rings. The van der Waals surface area contributed by atoms with Crippen LogP contribution in [0.25, 0.3) is 0 Å². The first-order valence-corrected chi connectivity index (χ1v) is 8.18. The predicted molar refractivity (Wildman–Crippen MR) is 71.4 cm³/mol. The van der Waals surface area contributed by atoms with Crippen molar-refractivity contribution in [2.24, 2.45) is 0 Å². The van der Waals surface area contributed by atoms with Crippen LogP contribution < -0.4 is 0 Å². The van der Waals surface area contributed by atoms with Gasteiger partial charge in [0.25, 0.3) is 0 Å². The van der Waals surface area contributed by atoms with Gasteiger partial charge in [0.05, 0.1) is 0 Å². The van der Waals surface area contributed by atoms with E-state index in [4.69, 9.17) is 0 Å². The summed E-state index contributed by atoms with van der Waals surface area (Å²) in [6, 6.07) is 0. The Balaban J connectivity index is 2.86. The maximum absolute atomic E-state index is 2.34. The molecule has 0 heterocycles. The molecule has 0 aromatic carbocycles. The predicted octanol–water partition coefficient (Wildman–Crippen LogP) is 4.98. The van der Waals surface area contributed by atoms with Crippen molar-refractivity contribution in [1.29, 1.82) is 0 Å². The van der Waals surface area contributed by atoms with E-state index in [-0.39, 0.29) is 0 Å². The fraction of sp³-hybridized carbons (Fsp3) is 0.857. The molecule has 0 unspecified atom stereocenters. The third kappa shape index (κ3) is 14.7. The summed E-state index contributed by atoms with van der Waals surface area (Å²) >= 11 is 1.23. The standard InChI is InChI=1S/C14H27.Na/c1-3-5-7-9-11-13-14-12-10-8-6-4-2;/h1,3H,4-14H2,2H3;. The molecular weight excluding hydrogens is 191 g/mol. The average Bonchev–Trinajstić information content (AvgIpc) is 2.26. The summed E-state index contributed by atoms with van der Waals surface area (Å²) in [5.41, 5.74) is 0. The van der Waals surface area contributed by atoms with E-state index in [1.165, 1.54) is 98.6 Å². The van der Waals surface area contributed by atoms with E-state index in [0.717, 1.165) is 0 Å². The van der Waals surface area contributed by atoms with Crippen molar-refractivity contribution >= 4 is 27.9 Å². The van der Waals surface area contributed by atoms with Gasteiger partial charge < -0.3 is 0 Å². The summed E-state index contributed by atoms with van der Waals surface area (Å²) in [5.74, 6) is 0. The van der Waals surface area contributed by atoms with Crippen LogP contribution >= 0.6 is 0 Å². The Morgan fingerprint density at radius 2 is 1.20 bits per heavy atom. The first kappa shape index (κ1) is 15.7. The van der Waals surface area contributed by atoms with Gasteiger partial charge in [-0.2, -0.15) is 0 Å². The summed E-state index contributed by atoms with van der Waals surface area (Å²) in [6.07, 6.45) is 18.1. The normalized spacial score (nSPS) is 11.4. The number of hydrogen-bond donors (Lipinski definition) is 0. The van der Waals surface area contributed by atoms with Gasteiger partial charge in [0.15, 0.2) is 0 Å². The summed E-state index contributed by atoms with van der Waals surface area (Å²) < 4.78 is 2.30. The van der Waals surface area contributed by atoms with Gasteiger partial charge in [-0.3, -0.25) is 0 Å². The molecule has 0 atom stereocenters. The van der Waals surface area contributed by atoms with Crippen LogP contribution in [0.4, 0.5) is 0 Å². The topological polar surface area (TPSA) is 0 Å². The molecule has 0 radical (unpaired) electrons. The van der Waals surface area contributed by atoms with Gasteiger partial charge in [0.1, 0.15) is 0 Å². The average molecular weight is 218 g/mol. The van der Waals surface area contributed by atoms with Gasteiger partial charge in [-0.25, -0.2) is 0 Å². The molecule has 0 saturated carbocycles. The zero-order valence-corrected chi connectivity index (χ0v) is 12.9. The molecule has 1 heteroatoms. The Morgan fingerprint density at radius 1 is 0.733 bits per heavy atom. The van der Waals surface area contributed by atoms with Crippen LogP contribution in [0, 0.1) is 0 Å². The maximum atomic E-state index is 2.34. The van der Waals surface area contributed by atoms with E-state index in [9.17, 15) is 0 Å². The van der Waals surface area contributed by atoms with Crippen LogP contribution in [-0.4, -0.2) is 27.9 Å². The van der Waals surface area contributed by atoms with E-state index in [1.54, 1.807) is 0 Å². The first-order valence-electron chi connectivity index (χ1n) is 7.03. The molecule has 0 amide bonds. The Kier molecular flexibility index (Phi) is 15.5. The molecule has 0 rings (SSSR count). The van der Waals surface area contributed by atoms with Crippen molar-refractivity contribution < 1.29 is 0 Å². The van der Waals surface area contributed by atoms with E-state index < -0.39 is 0 Å². The molecule has 15 heavy (non-hydrogen) atoms. The van der Waals surface area contributed by atoms with E-state index in [1.807, 2.05) is 0 Å². The zero-order valence-electron chi connectivity index (χ0n) is 10.9. The third-order valence-corrected chi connectivity index (χ3v) is 3.43. The molecule has 0 aromatic heterocycles. The molecular formula is C14H27Na. The van der Waals surface area contributed by atoms with E-state index in [0.29, 0.717) is 0 Å². The van der Waals surface area contributed by atoms with Crippen molar-refractivity contribution in [3.05, 3.63) is 9.40 Å². The monoisotopic (exact) mass is 218 g/mol. The van der Waals surface area contributed by atoms with Gasteiger partial charge in [-0.1, -0.05) is 13.3 Å². The van der Waals surface area contributed by atoms with E-state index in [2.05, 4.69) is 16.3 Å². The fourth-order valence-electron chi connectivity index (χ4n) is 1.92. The van der Waals surface area contributed by atoms with Crippen molar-refractivity contribution in [1.82, 2.24) is 0 Å². The van der Waals surface area contributed by atoms with Gasteiger partial charge in [-0.15, -0.1) is 0 Å². The minimum absolute atomic E-state index is 1.23. The number of hydrogen-bond acceptors (Lipinski definition) is 0. The van der Waals surface area contributed by atoms with E-state index >= 15 is 0 Å². The summed E-state index contributed by atoms with van der Waals surface area (Å²) in [4.78, 5) is 0. The molecule has 0 N–H and O–H groups in total. The fourth-order valence-corrected chi connectivity index (χ4v) is 2.25. The van der Waals surface area contributed by atoms with Crippen molar-refractivity contribution in [2.75, 3.05) is 0 Å². The Bertz CT molecular complexity index is 129. The molecule has 0 aliphatic heterocycles. The SMILES string of the molecule is CCCCCCCCCCCCC=[CH][Na]. The van der Waals surface area contributed by atoms with Gasteiger partial charge in [-0.05, 0) is 0 Å². The van der Waals surface area contributed by atoms with Crippen LogP contribution in [0.3, 0.4) is 0 Å². The van der Waals surface area contributed by atoms with Crippen LogP contribution in [0.5, 0.6) is 0 Å². The summed E-state index contributed by atoms with van der Waals surface area (Å²) in [5, 5.41) is 0. The molecule has 0 aliphatic rings. The quantitative estimate of drug-likeness (QED) is 0.339. The van der Waals surface area contributed by atoms with Gasteiger partial charge >= 0.3 is 102 Å². The molecule has 0 spiro atoms. The molecule has 84 valence electrons. The van der Waals surface area contributed by atoms with Gasteiger partial charge in [0, 0.05) is 0 Å². The molecule has 0 aliphatic carbocycles. The summed E-state index contributed by atoms with van der Waals surface area (Å²) in [6.45, 7) is 2.28. The van der Waals surface area contributed by atoms with Crippen molar-refractivity contribution in [3.63, 3.8) is 0 Å². The second-order valence-electron chi connectivity index (χ2n) is 4.54.